The van der Waals surface area contributed by atoms with Gasteiger partial charge in [-0.15, -0.1) is 0 Å². The van der Waals surface area contributed by atoms with Crippen LogP contribution in [-0.2, 0) is 6.42 Å². The van der Waals surface area contributed by atoms with Gasteiger partial charge in [0, 0.05) is 67.7 Å². The van der Waals surface area contributed by atoms with Gasteiger partial charge >= 0.3 is 0 Å². The van der Waals surface area contributed by atoms with E-state index in [1.54, 1.807) is 25.3 Å². The average Bonchev–Trinajstić information content (AvgIpc) is 2.86. The number of methoxy groups -OCH3 is 1. The lowest BCUT2D eigenvalue weighted by molar-refractivity contribution is 0.0345. The van der Waals surface area contributed by atoms with Crippen LogP contribution in [0.15, 0.2) is 48.7 Å². The number of nitrogens with zero attached hydrogens (tertiary/aromatic N) is 3. The van der Waals surface area contributed by atoms with Crippen LogP contribution < -0.4 is 20.7 Å². The van der Waals surface area contributed by atoms with Gasteiger partial charge in [0.15, 0.2) is 5.69 Å². The molecular weight excluding hydrogens is 509 g/mol. The summed E-state index contributed by atoms with van der Waals surface area (Å²) in [4.78, 5) is 20.9. The molecule has 0 atom stereocenters. The maximum absolute atomic E-state index is 14.3. The van der Waals surface area contributed by atoms with Gasteiger partial charge in [-0.1, -0.05) is 17.7 Å². The maximum atomic E-state index is 14.3. The zero-order chi connectivity index (χ0) is 27.4. The molecule has 1 fully saturated rings. The molecule has 3 aromatic rings. The van der Waals surface area contributed by atoms with E-state index in [2.05, 4.69) is 20.1 Å². The minimum absolute atomic E-state index is 0.0578. The molecule has 0 radical (unpaired) electrons. The molecule has 4 rings (SSSR count). The number of nitrogens with two attached hydrogens (primary N) is 1. The molecular formula is C28H33ClFN5O3. The van der Waals surface area contributed by atoms with E-state index >= 15 is 0 Å². The second kappa shape index (κ2) is 11.6. The number of anilines is 3. The summed E-state index contributed by atoms with van der Waals surface area (Å²) in [5.74, 6) is -0.522. The van der Waals surface area contributed by atoms with Crippen LogP contribution in [0.2, 0.25) is 5.02 Å². The number of hydrogen-bond acceptors (Lipinski definition) is 7. The van der Waals surface area contributed by atoms with Crippen molar-refractivity contribution < 1.29 is 19.0 Å². The number of carbonyl (C=O) groups is 1. The van der Waals surface area contributed by atoms with Gasteiger partial charge in [-0.3, -0.25) is 9.69 Å². The summed E-state index contributed by atoms with van der Waals surface area (Å²) in [6.45, 7) is 7.60. The zero-order valence-electron chi connectivity index (χ0n) is 21.8. The molecule has 8 nitrogen and oxygen atoms in total. The van der Waals surface area contributed by atoms with E-state index in [0.29, 0.717) is 39.8 Å². The number of benzene rings is 2. The standard InChI is InChI=1S/C28H33ClFN5O3/c1-28(2,37)17-34-9-11-35(12-10-34)19-7-8-23(25(15-19)38-3)33-24-14-18(16-32-26(24)27(31)36)13-20-21(29)5-4-6-22(20)30/h4-8,14-16,33,37H,9-13,17H2,1-3H3,(H2,31,36). The number of carbonyl (C=O) groups excluding carboxylic acids is 1. The van der Waals surface area contributed by atoms with Crippen LogP contribution in [0.3, 0.4) is 0 Å². The molecule has 38 heavy (non-hydrogen) atoms. The van der Waals surface area contributed by atoms with Crippen molar-refractivity contribution in [3.8, 4) is 5.75 Å². The highest BCUT2D eigenvalue weighted by Crippen LogP contribution is 2.34. The molecule has 2 heterocycles. The predicted molar refractivity (Wildman–Crippen MR) is 148 cm³/mol. The number of aliphatic hydroxyl groups is 1. The Bertz CT molecular complexity index is 1290. The summed E-state index contributed by atoms with van der Waals surface area (Å²) in [7, 11) is 1.58. The fourth-order valence-electron chi connectivity index (χ4n) is 4.64. The lowest BCUT2D eigenvalue weighted by Gasteiger charge is -2.38. The number of aromatic nitrogens is 1. The van der Waals surface area contributed by atoms with Crippen LogP contribution in [0.5, 0.6) is 5.75 Å². The topological polar surface area (TPSA) is 104 Å². The summed E-state index contributed by atoms with van der Waals surface area (Å²) in [5.41, 5.74) is 7.93. The minimum atomic E-state index is -0.726. The van der Waals surface area contributed by atoms with Gasteiger partial charge in [0.1, 0.15) is 11.6 Å². The van der Waals surface area contributed by atoms with Crippen molar-refractivity contribution in [1.29, 1.82) is 0 Å². The number of nitrogens with one attached hydrogen (secondary N) is 1. The summed E-state index contributed by atoms with van der Waals surface area (Å²) < 4.78 is 20.0. The molecule has 1 amide bonds. The van der Waals surface area contributed by atoms with E-state index in [0.717, 1.165) is 31.9 Å². The van der Waals surface area contributed by atoms with Gasteiger partial charge in [0.2, 0.25) is 0 Å². The first kappa shape index (κ1) is 27.6. The van der Waals surface area contributed by atoms with E-state index < -0.39 is 17.3 Å². The highest BCUT2D eigenvalue weighted by Gasteiger charge is 2.23. The lowest BCUT2D eigenvalue weighted by atomic mass is 10.0. The summed E-state index contributed by atoms with van der Waals surface area (Å²) in [6.07, 6.45) is 1.69. The number of amides is 1. The van der Waals surface area contributed by atoms with Crippen molar-refractivity contribution in [3.05, 3.63) is 76.3 Å². The third-order valence-electron chi connectivity index (χ3n) is 6.42. The minimum Gasteiger partial charge on any atom is -0.494 e. The van der Waals surface area contributed by atoms with Gasteiger partial charge in [0.05, 0.1) is 24.1 Å². The van der Waals surface area contributed by atoms with E-state index in [1.165, 1.54) is 12.3 Å². The van der Waals surface area contributed by atoms with Gasteiger partial charge in [-0.25, -0.2) is 9.37 Å². The quantitative estimate of drug-likeness (QED) is 0.373. The fraction of sp³-hybridized carbons (Fsp3) is 0.357. The first-order valence-electron chi connectivity index (χ1n) is 12.4. The molecule has 0 spiro atoms. The van der Waals surface area contributed by atoms with Crippen molar-refractivity contribution in [3.63, 3.8) is 0 Å². The Hall–Kier alpha value is -3.40. The van der Waals surface area contributed by atoms with Crippen LogP contribution >= 0.6 is 11.6 Å². The van der Waals surface area contributed by atoms with Crippen molar-refractivity contribution in [1.82, 2.24) is 9.88 Å². The predicted octanol–water partition coefficient (Wildman–Crippen LogP) is 4.21. The van der Waals surface area contributed by atoms with Gasteiger partial charge in [0.25, 0.3) is 5.91 Å². The van der Waals surface area contributed by atoms with E-state index in [9.17, 15) is 14.3 Å². The van der Waals surface area contributed by atoms with Crippen LogP contribution in [0.4, 0.5) is 21.5 Å². The monoisotopic (exact) mass is 541 g/mol. The van der Waals surface area contributed by atoms with E-state index in [-0.39, 0.29) is 12.1 Å². The van der Waals surface area contributed by atoms with Crippen molar-refractivity contribution in [2.75, 3.05) is 50.1 Å². The van der Waals surface area contributed by atoms with Crippen LogP contribution in [0.1, 0.15) is 35.5 Å². The van der Waals surface area contributed by atoms with Crippen LogP contribution in [0, 0.1) is 5.82 Å². The molecule has 4 N–H and O–H groups in total. The molecule has 1 aromatic heterocycles. The van der Waals surface area contributed by atoms with Crippen LogP contribution in [-0.4, -0.2) is 66.3 Å². The summed E-state index contributed by atoms with van der Waals surface area (Å²) in [6, 6.07) is 12.0. The zero-order valence-corrected chi connectivity index (χ0v) is 22.6. The number of β-amino-alcohol motifs (C(OH)–C–C–N with tert-alkyl or cyclic N) is 1. The second-order valence-electron chi connectivity index (χ2n) is 10.1. The Labute approximate surface area is 227 Å². The highest BCUT2D eigenvalue weighted by atomic mass is 35.5. The first-order chi connectivity index (χ1) is 18.0. The number of rotatable bonds is 9. The molecule has 0 unspecified atom stereocenters. The third kappa shape index (κ3) is 6.72. The Balaban J connectivity index is 1.55. The molecule has 202 valence electrons. The van der Waals surface area contributed by atoms with Gasteiger partial charge < -0.3 is 25.8 Å². The largest absolute Gasteiger partial charge is 0.494 e. The number of piperazine rings is 1. The number of hydrogen-bond donors (Lipinski definition) is 3. The smallest absolute Gasteiger partial charge is 0.269 e. The lowest BCUT2D eigenvalue weighted by Crippen LogP contribution is -2.50. The van der Waals surface area contributed by atoms with Crippen LogP contribution in [0.25, 0.3) is 0 Å². The molecule has 0 bridgehead atoms. The Morgan fingerprint density at radius 1 is 1.18 bits per heavy atom. The van der Waals surface area contributed by atoms with E-state index in [1.807, 2.05) is 32.0 Å². The van der Waals surface area contributed by atoms with Crippen molar-refractivity contribution in [2.24, 2.45) is 5.73 Å². The fourth-order valence-corrected chi connectivity index (χ4v) is 4.87. The molecule has 0 aliphatic carbocycles. The number of ether oxygens (including phenoxy) is 1. The molecule has 1 aliphatic heterocycles. The van der Waals surface area contributed by atoms with Gasteiger partial charge in [-0.05, 0) is 49.7 Å². The Morgan fingerprint density at radius 2 is 1.92 bits per heavy atom. The molecule has 0 saturated carbocycles. The average molecular weight is 542 g/mol. The Morgan fingerprint density at radius 3 is 2.55 bits per heavy atom. The SMILES string of the molecule is COc1cc(N2CCN(CC(C)(C)O)CC2)ccc1Nc1cc(Cc2c(F)cccc2Cl)cnc1C(N)=O. The van der Waals surface area contributed by atoms with E-state index in [4.69, 9.17) is 22.1 Å². The molecule has 1 saturated heterocycles. The first-order valence-corrected chi connectivity index (χ1v) is 12.8. The number of halogens is 2. The van der Waals surface area contributed by atoms with Crippen molar-refractivity contribution >= 4 is 34.6 Å². The number of primary amides is 1. The molecule has 2 aromatic carbocycles. The number of pyridine rings is 1. The highest BCUT2D eigenvalue weighted by molar-refractivity contribution is 6.31. The second-order valence-corrected chi connectivity index (χ2v) is 10.5. The van der Waals surface area contributed by atoms with Crippen molar-refractivity contribution in [2.45, 2.75) is 25.9 Å². The summed E-state index contributed by atoms with van der Waals surface area (Å²) >= 11 is 6.20. The Kier molecular flexibility index (Phi) is 8.40. The molecule has 1 aliphatic rings. The third-order valence-corrected chi connectivity index (χ3v) is 6.78. The van der Waals surface area contributed by atoms with Gasteiger partial charge in [-0.2, -0.15) is 0 Å². The maximum Gasteiger partial charge on any atom is 0.269 e. The normalized spacial score (nSPS) is 14.4. The molecule has 10 heteroatoms. The summed E-state index contributed by atoms with van der Waals surface area (Å²) in [5, 5.41) is 13.6.